The van der Waals surface area contributed by atoms with Crippen molar-refractivity contribution in [3.63, 3.8) is 0 Å². The lowest BCUT2D eigenvalue weighted by atomic mass is 10.1. The fraction of sp³-hybridized carbons (Fsp3) is 0.350. The first-order valence-electron chi connectivity index (χ1n) is 8.63. The van der Waals surface area contributed by atoms with Crippen LogP contribution in [0.3, 0.4) is 0 Å². The molecule has 0 atom stereocenters. The first-order valence-corrected chi connectivity index (χ1v) is 8.63. The van der Waals surface area contributed by atoms with Gasteiger partial charge in [-0.3, -0.25) is 9.69 Å². The van der Waals surface area contributed by atoms with Gasteiger partial charge in [0.15, 0.2) is 0 Å². The van der Waals surface area contributed by atoms with Gasteiger partial charge < -0.3 is 10.1 Å². The number of carbonyl (C=O) groups excluding carboxylic acids is 1. The summed E-state index contributed by atoms with van der Waals surface area (Å²) in [5.41, 5.74) is 2.93. The van der Waals surface area contributed by atoms with Crippen LogP contribution in [0.15, 0.2) is 48.5 Å². The van der Waals surface area contributed by atoms with Gasteiger partial charge >= 0.3 is 0 Å². The number of anilines is 1. The number of rotatable bonds is 6. The van der Waals surface area contributed by atoms with Crippen molar-refractivity contribution in [3.05, 3.63) is 65.5 Å². The molecule has 2 aromatic carbocycles. The van der Waals surface area contributed by atoms with Gasteiger partial charge in [0, 0.05) is 31.7 Å². The molecule has 1 saturated heterocycles. The SMILES string of the molecule is O=C(CCc1ccc(F)cc1)Nc1ccccc1CN1CCOCC1. The molecule has 132 valence electrons. The second-order valence-electron chi connectivity index (χ2n) is 6.22. The Kier molecular flexibility index (Phi) is 6.14. The van der Waals surface area contributed by atoms with Crippen LogP contribution in [-0.2, 0) is 22.5 Å². The molecule has 0 unspecified atom stereocenters. The average Bonchev–Trinajstić information content (AvgIpc) is 2.64. The van der Waals surface area contributed by atoms with Crippen LogP contribution in [0.25, 0.3) is 0 Å². The van der Waals surface area contributed by atoms with Crippen LogP contribution < -0.4 is 5.32 Å². The molecule has 1 aliphatic heterocycles. The van der Waals surface area contributed by atoms with E-state index < -0.39 is 0 Å². The smallest absolute Gasteiger partial charge is 0.224 e. The van der Waals surface area contributed by atoms with Gasteiger partial charge in [-0.05, 0) is 35.7 Å². The number of aryl methyl sites for hydroxylation is 1. The number of hydrogen-bond donors (Lipinski definition) is 1. The van der Waals surface area contributed by atoms with Crippen molar-refractivity contribution in [2.24, 2.45) is 0 Å². The molecule has 0 bridgehead atoms. The molecular formula is C20H23FN2O2. The molecule has 5 heteroatoms. The van der Waals surface area contributed by atoms with Crippen molar-refractivity contribution in [3.8, 4) is 0 Å². The van der Waals surface area contributed by atoms with Crippen LogP contribution in [0, 0.1) is 5.82 Å². The lowest BCUT2D eigenvalue weighted by Crippen LogP contribution is -2.35. The molecule has 4 nitrogen and oxygen atoms in total. The predicted molar refractivity (Wildman–Crippen MR) is 95.9 cm³/mol. The molecule has 0 saturated carbocycles. The van der Waals surface area contributed by atoms with Crippen molar-refractivity contribution in [2.75, 3.05) is 31.6 Å². The van der Waals surface area contributed by atoms with Crippen LogP contribution in [0.1, 0.15) is 17.5 Å². The lowest BCUT2D eigenvalue weighted by molar-refractivity contribution is -0.116. The topological polar surface area (TPSA) is 41.6 Å². The van der Waals surface area contributed by atoms with Gasteiger partial charge in [0.2, 0.25) is 5.91 Å². The first kappa shape index (κ1) is 17.6. The fourth-order valence-electron chi connectivity index (χ4n) is 2.90. The monoisotopic (exact) mass is 342 g/mol. The molecule has 0 spiro atoms. The maximum absolute atomic E-state index is 12.9. The van der Waals surface area contributed by atoms with Crippen molar-refractivity contribution in [1.29, 1.82) is 0 Å². The summed E-state index contributed by atoms with van der Waals surface area (Å²) in [5, 5.41) is 3.01. The summed E-state index contributed by atoms with van der Waals surface area (Å²) in [6.45, 7) is 4.13. The Morgan fingerprint density at radius 1 is 1.08 bits per heavy atom. The zero-order chi connectivity index (χ0) is 17.5. The molecular weight excluding hydrogens is 319 g/mol. The second-order valence-corrected chi connectivity index (χ2v) is 6.22. The summed E-state index contributed by atoms with van der Waals surface area (Å²) >= 11 is 0. The van der Waals surface area contributed by atoms with Gasteiger partial charge in [0.25, 0.3) is 0 Å². The van der Waals surface area contributed by atoms with Crippen molar-refractivity contribution in [2.45, 2.75) is 19.4 Å². The first-order chi connectivity index (χ1) is 12.2. The molecule has 2 aromatic rings. The average molecular weight is 342 g/mol. The van der Waals surface area contributed by atoms with Gasteiger partial charge in [0.1, 0.15) is 5.82 Å². The Morgan fingerprint density at radius 2 is 1.80 bits per heavy atom. The Hall–Kier alpha value is -2.24. The van der Waals surface area contributed by atoms with E-state index in [9.17, 15) is 9.18 Å². The van der Waals surface area contributed by atoms with Gasteiger partial charge in [-0.1, -0.05) is 30.3 Å². The van der Waals surface area contributed by atoms with E-state index in [0.29, 0.717) is 12.8 Å². The highest BCUT2D eigenvalue weighted by Crippen LogP contribution is 2.18. The fourth-order valence-corrected chi connectivity index (χ4v) is 2.90. The number of morpholine rings is 1. The molecule has 0 aliphatic carbocycles. The molecule has 1 N–H and O–H groups in total. The van der Waals surface area contributed by atoms with Gasteiger partial charge in [-0.15, -0.1) is 0 Å². The Morgan fingerprint density at radius 3 is 2.56 bits per heavy atom. The molecule has 1 amide bonds. The second kappa shape index (κ2) is 8.74. The highest BCUT2D eigenvalue weighted by molar-refractivity contribution is 5.91. The maximum atomic E-state index is 12.9. The van der Waals surface area contributed by atoms with Gasteiger partial charge in [0.05, 0.1) is 13.2 Å². The lowest BCUT2D eigenvalue weighted by Gasteiger charge is -2.27. The molecule has 1 heterocycles. The zero-order valence-electron chi connectivity index (χ0n) is 14.2. The minimum Gasteiger partial charge on any atom is -0.379 e. The standard InChI is InChI=1S/C20H23FN2O2/c21-18-8-5-16(6-9-18)7-10-20(24)22-19-4-2-1-3-17(19)15-23-11-13-25-14-12-23/h1-6,8-9H,7,10-15H2,(H,22,24). The van der Waals surface area contributed by atoms with Crippen LogP contribution in [0.2, 0.25) is 0 Å². The molecule has 0 radical (unpaired) electrons. The predicted octanol–water partition coefficient (Wildman–Crippen LogP) is 3.23. The van der Waals surface area contributed by atoms with E-state index in [-0.39, 0.29) is 11.7 Å². The van der Waals surface area contributed by atoms with Crippen LogP contribution in [0.4, 0.5) is 10.1 Å². The van der Waals surface area contributed by atoms with Gasteiger partial charge in [-0.2, -0.15) is 0 Å². The third-order valence-corrected chi connectivity index (χ3v) is 4.34. The van der Waals surface area contributed by atoms with E-state index in [1.807, 2.05) is 24.3 Å². The van der Waals surface area contributed by atoms with E-state index in [1.54, 1.807) is 12.1 Å². The van der Waals surface area contributed by atoms with Crippen molar-refractivity contribution in [1.82, 2.24) is 4.90 Å². The van der Waals surface area contributed by atoms with E-state index in [4.69, 9.17) is 4.74 Å². The Balaban J connectivity index is 1.56. The van der Waals surface area contributed by atoms with Crippen molar-refractivity contribution >= 4 is 11.6 Å². The van der Waals surface area contributed by atoms with E-state index >= 15 is 0 Å². The summed E-state index contributed by atoms with van der Waals surface area (Å²) in [7, 11) is 0. The largest absolute Gasteiger partial charge is 0.379 e. The summed E-state index contributed by atoms with van der Waals surface area (Å²) in [6.07, 6.45) is 0.968. The molecule has 0 aromatic heterocycles. The number of nitrogens with zero attached hydrogens (tertiary/aromatic N) is 1. The third kappa shape index (κ3) is 5.37. The number of hydrogen-bond acceptors (Lipinski definition) is 3. The number of amides is 1. The van der Waals surface area contributed by atoms with Crippen LogP contribution >= 0.6 is 0 Å². The number of para-hydroxylation sites is 1. The number of halogens is 1. The molecule has 1 aliphatic rings. The third-order valence-electron chi connectivity index (χ3n) is 4.34. The van der Waals surface area contributed by atoms with E-state index in [1.165, 1.54) is 12.1 Å². The van der Waals surface area contributed by atoms with E-state index in [2.05, 4.69) is 10.2 Å². The number of nitrogens with one attached hydrogen (secondary N) is 1. The summed E-state index contributed by atoms with van der Waals surface area (Å²) in [4.78, 5) is 14.6. The Bertz CT molecular complexity index is 697. The van der Waals surface area contributed by atoms with Crippen LogP contribution in [-0.4, -0.2) is 37.1 Å². The minimum atomic E-state index is -0.259. The maximum Gasteiger partial charge on any atom is 0.224 e. The number of ether oxygens (including phenoxy) is 1. The Labute approximate surface area is 147 Å². The van der Waals surface area contributed by atoms with Crippen LogP contribution in [0.5, 0.6) is 0 Å². The van der Waals surface area contributed by atoms with E-state index in [0.717, 1.165) is 49.7 Å². The summed E-state index contributed by atoms with van der Waals surface area (Å²) in [6, 6.07) is 14.2. The molecule has 1 fully saturated rings. The minimum absolute atomic E-state index is 0.0289. The number of carbonyl (C=O) groups is 1. The highest BCUT2D eigenvalue weighted by atomic mass is 19.1. The summed E-state index contributed by atoms with van der Waals surface area (Å²) < 4.78 is 18.3. The molecule has 25 heavy (non-hydrogen) atoms. The number of benzene rings is 2. The highest BCUT2D eigenvalue weighted by Gasteiger charge is 2.13. The van der Waals surface area contributed by atoms with Crippen molar-refractivity contribution < 1.29 is 13.9 Å². The normalized spacial score (nSPS) is 15.1. The summed E-state index contributed by atoms with van der Waals surface area (Å²) in [5.74, 6) is -0.288. The quantitative estimate of drug-likeness (QED) is 0.876. The zero-order valence-corrected chi connectivity index (χ0v) is 14.2. The van der Waals surface area contributed by atoms with Gasteiger partial charge in [-0.25, -0.2) is 4.39 Å². The molecule has 3 rings (SSSR count).